The van der Waals surface area contributed by atoms with Gasteiger partial charge in [-0.15, -0.1) is 11.3 Å². The van der Waals surface area contributed by atoms with Gasteiger partial charge in [-0.3, -0.25) is 0 Å². The molecule has 1 unspecified atom stereocenters. The summed E-state index contributed by atoms with van der Waals surface area (Å²) < 4.78 is 0. The Kier molecular flexibility index (Phi) is 5.08. The average Bonchev–Trinajstić information content (AvgIpc) is 2.84. The molecule has 2 aromatic rings. The molecule has 0 aliphatic carbocycles. The molecular formula is C14H14BrClS. The second-order valence-corrected chi connectivity index (χ2v) is 6.19. The first-order valence-electron chi connectivity index (χ1n) is 5.61. The Balaban J connectivity index is 2.03. The van der Waals surface area contributed by atoms with Crippen LogP contribution < -0.4 is 0 Å². The molecule has 0 amide bonds. The third-order valence-electron chi connectivity index (χ3n) is 2.75. The van der Waals surface area contributed by atoms with Crippen LogP contribution in [0.4, 0.5) is 0 Å². The molecule has 2 rings (SSSR count). The molecule has 0 fully saturated rings. The lowest BCUT2D eigenvalue weighted by Crippen LogP contribution is -2.09. The minimum Gasteiger partial charge on any atom is -0.149 e. The van der Waals surface area contributed by atoms with Crippen molar-refractivity contribution in [3.05, 3.63) is 57.2 Å². The zero-order valence-electron chi connectivity index (χ0n) is 9.40. The van der Waals surface area contributed by atoms with E-state index in [-0.39, 0.29) is 0 Å². The van der Waals surface area contributed by atoms with Crippen molar-refractivity contribution in [2.24, 2.45) is 5.92 Å². The maximum Gasteiger partial charge on any atom is 0.0438 e. The second kappa shape index (κ2) is 6.58. The molecule has 1 aromatic carbocycles. The summed E-state index contributed by atoms with van der Waals surface area (Å²) >= 11 is 11.6. The van der Waals surface area contributed by atoms with Gasteiger partial charge in [-0.1, -0.05) is 51.8 Å². The quantitative estimate of drug-likeness (QED) is 0.662. The van der Waals surface area contributed by atoms with Gasteiger partial charge in [0, 0.05) is 15.2 Å². The predicted octanol–water partition coefficient (Wildman–Crippen LogP) is 5.20. The molecule has 1 atom stereocenters. The summed E-state index contributed by atoms with van der Waals surface area (Å²) in [6, 6.07) is 12.4. The van der Waals surface area contributed by atoms with Crippen molar-refractivity contribution < 1.29 is 0 Å². The number of thiophene rings is 1. The minimum absolute atomic E-state index is 0.605. The Morgan fingerprint density at radius 3 is 2.59 bits per heavy atom. The minimum atomic E-state index is 0.605. The smallest absolute Gasteiger partial charge is 0.0438 e. The number of hydrogen-bond acceptors (Lipinski definition) is 1. The van der Waals surface area contributed by atoms with Gasteiger partial charge in [0.05, 0.1) is 0 Å². The number of rotatable bonds is 5. The zero-order chi connectivity index (χ0) is 12.1. The molecule has 0 bridgehead atoms. The van der Waals surface area contributed by atoms with Gasteiger partial charge in [-0.25, -0.2) is 0 Å². The fraction of sp³-hybridized carbons (Fsp3) is 0.286. The molecule has 0 saturated heterocycles. The van der Waals surface area contributed by atoms with E-state index in [0.717, 1.165) is 23.2 Å². The van der Waals surface area contributed by atoms with Crippen LogP contribution in [-0.4, -0.2) is 5.33 Å². The summed E-state index contributed by atoms with van der Waals surface area (Å²) in [5.74, 6) is 0.605. The Hall–Kier alpha value is -0.310. The van der Waals surface area contributed by atoms with Gasteiger partial charge in [0.2, 0.25) is 0 Å². The van der Waals surface area contributed by atoms with Crippen molar-refractivity contribution in [1.82, 2.24) is 0 Å². The van der Waals surface area contributed by atoms with Crippen LogP contribution in [-0.2, 0) is 12.8 Å². The average molecular weight is 330 g/mol. The summed E-state index contributed by atoms with van der Waals surface area (Å²) in [5.41, 5.74) is 1.25. The topological polar surface area (TPSA) is 0 Å². The van der Waals surface area contributed by atoms with Crippen LogP contribution in [0.3, 0.4) is 0 Å². The van der Waals surface area contributed by atoms with Gasteiger partial charge >= 0.3 is 0 Å². The van der Waals surface area contributed by atoms with E-state index in [1.165, 1.54) is 10.4 Å². The maximum absolute atomic E-state index is 6.19. The lowest BCUT2D eigenvalue weighted by atomic mass is 9.97. The van der Waals surface area contributed by atoms with E-state index in [4.69, 9.17) is 11.6 Å². The van der Waals surface area contributed by atoms with Crippen LogP contribution in [0.5, 0.6) is 0 Å². The van der Waals surface area contributed by atoms with Gasteiger partial charge in [-0.2, -0.15) is 0 Å². The predicted molar refractivity (Wildman–Crippen MR) is 80.5 cm³/mol. The molecular weight excluding hydrogens is 316 g/mol. The zero-order valence-corrected chi connectivity index (χ0v) is 12.6. The van der Waals surface area contributed by atoms with Gasteiger partial charge in [-0.05, 0) is 41.8 Å². The van der Waals surface area contributed by atoms with Crippen LogP contribution in [0.25, 0.3) is 0 Å². The molecule has 0 spiro atoms. The first-order valence-corrected chi connectivity index (χ1v) is 7.99. The van der Waals surface area contributed by atoms with E-state index in [9.17, 15) is 0 Å². The van der Waals surface area contributed by atoms with E-state index in [1.807, 2.05) is 23.5 Å². The molecule has 90 valence electrons. The van der Waals surface area contributed by atoms with Gasteiger partial charge in [0.1, 0.15) is 0 Å². The van der Waals surface area contributed by atoms with E-state index < -0.39 is 0 Å². The monoisotopic (exact) mass is 328 g/mol. The van der Waals surface area contributed by atoms with Gasteiger partial charge in [0.15, 0.2) is 0 Å². The largest absolute Gasteiger partial charge is 0.149 e. The van der Waals surface area contributed by atoms with Crippen molar-refractivity contribution in [1.29, 1.82) is 0 Å². The molecule has 17 heavy (non-hydrogen) atoms. The maximum atomic E-state index is 6.19. The highest BCUT2D eigenvalue weighted by Gasteiger charge is 2.11. The standard InChI is InChI=1S/C14H14BrClS/c15-10-11(9-13-5-3-7-17-13)8-12-4-1-2-6-14(12)16/h1-7,11H,8-10H2. The number of halogens is 2. The van der Waals surface area contributed by atoms with Crippen LogP contribution in [0.1, 0.15) is 10.4 Å². The highest BCUT2D eigenvalue weighted by Crippen LogP contribution is 2.23. The molecule has 0 nitrogen and oxygen atoms in total. The summed E-state index contributed by atoms with van der Waals surface area (Å²) in [5, 5.41) is 4.02. The summed E-state index contributed by atoms with van der Waals surface area (Å²) in [7, 11) is 0. The van der Waals surface area contributed by atoms with E-state index in [1.54, 1.807) is 0 Å². The van der Waals surface area contributed by atoms with E-state index >= 15 is 0 Å². The summed E-state index contributed by atoms with van der Waals surface area (Å²) in [6.07, 6.45) is 2.15. The number of alkyl halides is 1. The van der Waals surface area contributed by atoms with Crippen molar-refractivity contribution in [3.8, 4) is 0 Å². The van der Waals surface area contributed by atoms with Crippen LogP contribution in [0, 0.1) is 5.92 Å². The Labute approximate surface area is 120 Å². The number of benzene rings is 1. The summed E-state index contributed by atoms with van der Waals surface area (Å²) in [4.78, 5) is 1.45. The molecule has 1 heterocycles. The third kappa shape index (κ3) is 3.84. The Bertz CT molecular complexity index is 453. The fourth-order valence-corrected chi connectivity index (χ4v) is 3.36. The first-order chi connectivity index (χ1) is 8.29. The first kappa shape index (κ1) is 13.1. The second-order valence-electron chi connectivity index (χ2n) is 4.10. The van der Waals surface area contributed by atoms with Crippen molar-refractivity contribution in [3.63, 3.8) is 0 Å². The summed E-state index contributed by atoms with van der Waals surface area (Å²) in [6.45, 7) is 0. The van der Waals surface area contributed by atoms with Gasteiger partial charge in [0.25, 0.3) is 0 Å². The Morgan fingerprint density at radius 2 is 1.94 bits per heavy atom. The normalized spacial score (nSPS) is 12.6. The molecule has 0 aliphatic heterocycles. The Morgan fingerprint density at radius 1 is 1.12 bits per heavy atom. The molecule has 0 saturated carbocycles. The molecule has 0 aliphatic rings. The van der Waals surface area contributed by atoms with Crippen molar-refractivity contribution >= 4 is 38.9 Å². The molecule has 1 aromatic heterocycles. The lowest BCUT2D eigenvalue weighted by Gasteiger charge is -2.14. The molecule has 0 radical (unpaired) electrons. The highest BCUT2D eigenvalue weighted by atomic mass is 79.9. The lowest BCUT2D eigenvalue weighted by molar-refractivity contribution is 0.596. The van der Waals surface area contributed by atoms with Crippen LogP contribution in [0.2, 0.25) is 5.02 Å². The van der Waals surface area contributed by atoms with Crippen LogP contribution >= 0.6 is 38.9 Å². The fourth-order valence-electron chi connectivity index (χ4n) is 1.87. The third-order valence-corrected chi connectivity index (χ3v) is 4.94. The van der Waals surface area contributed by atoms with Gasteiger partial charge < -0.3 is 0 Å². The van der Waals surface area contributed by atoms with Crippen molar-refractivity contribution in [2.75, 3.05) is 5.33 Å². The SMILES string of the molecule is Clc1ccccc1CC(CBr)Cc1cccs1. The molecule has 3 heteroatoms. The highest BCUT2D eigenvalue weighted by molar-refractivity contribution is 9.09. The van der Waals surface area contributed by atoms with E-state index in [2.05, 4.69) is 45.6 Å². The van der Waals surface area contributed by atoms with E-state index in [0.29, 0.717) is 5.92 Å². The van der Waals surface area contributed by atoms with Crippen LogP contribution in [0.15, 0.2) is 41.8 Å². The molecule has 0 N–H and O–H groups in total. The van der Waals surface area contributed by atoms with Crippen molar-refractivity contribution in [2.45, 2.75) is 12.8 Å². The number of hydrogen-bond donors (Lipinski definition) is 0.